The summed E-state index contributed by atoms with van der Waals surface area (Å²) in [5.41, 5.74) is 1.39. The lowest BCUT2D eigenvalue weighted by atomic mass is 9.33. The first kappa shape index (κ1) is 40.7. The third-order valence-corrected chi connectivity index (χ3v) is 16.5. The molecule has 0 heterocycles. The van der Waals surface area contributed by atoms with Crippen LogP contribution in [-0.4, -0.2) is 34.8 Å². The maximum absolute atomic E-state index is 14.0. The van der Waals surface area contributed by atoms with E-state index >= 15 is 0 Å². The summed E-state index contributed by atoms with van der Waals surface area (Å²) in [6, 6.07) is 7.32. The van der Waals surface area contributed by atoms with Gasteiger partial charge in [-0.2, -0.15) is 0 Å². The van der Waals surface area contributed by atoms with Gasteiger partial charge >= 0.3 is 11.9 Å². The zero-order chi connectivity index (χ0) is 39.8. The second-order valence-corrected chi connectivity index (χ2v) is 20.5. The Hall–Kier alpha value is -2.93. The van der Waals surface area contributed by atoms with E-state index in [1.807, 2.05) is 31.2 Å². The minimum absolute atomic E-state index is 0.0158. The molecule has 0 aliphatic heterocycles. The summed E-state index contributed by atoms with van der Waals surface area (Å²) in [5, 5.41) is 13.3. The average Bonchev–Trinajstić information content (AvgIpc) is 3.37. The molecule has 5 aliphatic carbocycles. The minimum Gasteiger partial charge on any atom is -0.481 e. The van der Waals surface area contributed by atoms with E-state index in [0.29, 0.717) is 23.3 Å². The number of allylic oxidation sites excluding steroid dienone is 3. The van der Waals surface area contributed by atoms with Crippen LogP contribution >= 0.6 is 11.6 Å². The predicted octanol–water partition coefficient (Wildman–Crippen LogP) is 10.5. The lowest BCUT2D eigenvalue weighted by Gasteiger charge is -2.72. The van der Waals surface area contributed by atoms with Gasteiger partial charge in [0.2, 0.25) is 5.91 Å². The number of hydrogen-bond donors (Lipinski definition) is 2. The number of carbonyl (C=O) groups is 4. The highest BCUT2D eigenvalue weighted by atomic mass is 35.5. The van der Waals surface area contributed by atoms with Gasteiger partial charge in [-0.1, -0.05) is 84.3 Å². The molecule has 0 aromatic heterocycles. The number of nitrogens with one attached hydrogen (secondary N) is 1. The number of hydrogen-bond acceptors (Lipinski definition) is 5. The molecule has 0 saturated heterocycles. The standard InChI is InChI=1S/C46H64ClNO6/c1-27(2)38-32(49)25-46(22-19-36(50)48-28(3)29-13-11-12-14-31(29)47)24-23-44(9)30(39(38)46)15-16-34-43(8)20-18-35(54-37(51)26-41(4,5)40(52)53)42(6,7)33(43)17-21-45(34,44)10/h11-14,19,22,27-28,30,33-35H,15-18,20-21,23-26H2,1-10H3,(H,48,50)(H,52,53)/b22-19+/t28?,30-,33+,34?,35+,43+,44-,45-,46+/m1/s1. The molecule has 2 N–H and O–H groups in total. The Morgan fingerprint density at radius 3 is 2.28 bits per heavy atom. The molecule has 0 spiro atoms. The molecule has 0 radical (unpaired) electrons. The monoisotopic (exact) mass is 761 g/mol. The van der Waals surface area contributed by atoms with Crippen molar-refractivity contribution < 1.29 is 29.0 Å². The fourth-order valence-corrected chi connectivity index (χ4v) is 13.4. The lowest BCUT2D eigenvalue weighted by molar-refractivity contribution is -0.232. The van der Waals surface area contributed by atoms with Crippen molar-refractivity contribution in [3.63, 3.8) is 0 Å². The molecule has 7 nitrogen and oxygen atoms in total. The third kappa shape index (κ3) is 6.40. The summed E-state index contributed by atoms with van der Waals surface area (Å²) in [7, 11) is 0. The number of rotatable bonds is 9. The summed E-state index contributed by atoms with van der Waals surface area (Å²) in [6.07, 6.45) is 11.6. The van der Waals surface area contributed by atoms with Crippen molar-refractivity contribution >= 4 is 35.2 Å². The van der Waals surface area contributed by atoms with E-state index in [0.717, 1.165) is 62.5 Å². The first-order chi connectivity index (χ1) is 25.0. The number of Topliss-reactive ketones (excluding diaryl/α,β-unsaturated/α-hetero) is 1. The molecule has 1 aromatic rings. The Morgan fingerprint density at radius 2 is 1.63 bits per heavy atom. The van der Waals surface area contributed by atoms with E-state index in [1.165, 1.54) is 5.57 Å². The average molecular weight is 762 g/mol. The van der Waals surface area contributed by atoms with Gasteiger partial charge in [0.05, 0.1) is 17.9 Å². The molecule has 2 unspecified atom stereocenters. The van der Waals surface area contributed by atoms with Gasteiger partial charge < -0.3 is 15.2 Å². The predicted molar refractivity (Wildman–Crippen MR) is 212 cm³/mol. The number of aliphatic carboxylic acids is 1. The lowest BCUT2D eigenvalue weighted by Crippen LogP contribution is -2.65. The molecule has 296 valence electrons. The molecule has 54 heavy (non-hydrogen) atoms. The van der Waals surface area contributed by atoms with Crippen LogP contribution in [0.5, 0.6) is 0 Å². The van der Waals surface area contributed by atoms with Crippen LogP contribution in [0.2, 0.25) is 5.02 Å². The van der Waals surface area contributed by atoms with Crippen molar-refractivity contribution in [2.24, 2.45) is 56.2 Å². The highest BCUT2D eigenvalue weighted by Gasteiger charge is 2.70. The van der Waals surface area contributed by atoms with Gasteiger partial charge in [-0.3, -0.25) is 19.2 Å². The normalized spacial score (nSPS) is 36.6. The van der Waals surface area contributed by atoms with Gasteiger partial charge in [0.15, 0.2) is 5.78 Å². The van der Waals surface area contributed by atoms with Crippen LogP contribution in [0.4, 0.5) is 0 Å². The van der Waals surface area contributed by atoms with Crippen molar-refractivity contribution in [1.82, 2.24) is 5.32 Å². The van der Waals surface area contributed by atoms with Gasteiger partial charge in [0.1, 0.15) is 6.10 Å². The van der Waals surface area contributed by atoms with E-state index in [2.05, 4.69) is 59.9 Å². The molecule has 0 bridgehead atoms. The Morgan fingerprint density at radius 1 is 0.944 bits per heavy atom. The Bertz CT molecular complexity index is 1770. The van der Waals surface area contributed by atoms with Gasteiger partial charge in [0, 0.05) is 22.3 Å². The minimum atomic E-state index is -1.17. The Kier molecular flexibility index (Phi) is 10.5. The van der Waals surface area contributed by atoms with Crippen molar-refractivity contribution in [1.29, 1.82) is 0 Å². The maximum atomic E-state index is 14.0. The number of ketones is 1. The summed E-state index contributed by atoms with van der Waals surface area (Å²) in [5.74, 6) is -0.151. The second-order valence-electron chi connectivity index (χ2n) is 20.1. The van der Waals surface area contributed by atoms with Crippen molar-refractivity contribution in [2.45, 2.75) is 146 Å². The summed E-state index contributed by atoms with van der Waals surface area (Å²) < 4.78 is 6.16. The van der Waals surface area contributed by atoms with Crippen LogP contribution in [0.3, 0.4) is 0 Å². The maximum Gasteiger partial charge on any atom is 0.309 e. The smallest absolute Gasteiger partial charge is 0.309 e. The number of carbonyl (C=O) groups excluding carboxylic acids is 3. The Balaban J connectivity index is 1.27. The van der Waals surface area contributed by atoms with Gasteiger partial charge in [0.25, 0.3) is 0 Å². The molecular formula is C46H64ClNO6. The number of halogens is 1. The number of fused-ring (bicyclic) bond motifs is 7. The summed E-state index contributed by atoms with van der Waals surface area (Å²) in [4.78, 5) is 52.3. The first-order valence-electron chi connectivity index (χ1n) is 20.5. The molecule has 9 atom stereocenters. The first-order valence-corrected chi connectivity index (χ1v) is 20.9. The SMILES string of the molecule is CC(C)C1=C2[C@H]3CCC4[C@@]5(C)CC[C@H](OC(=O)CC(C)(C)C(=O)O)C(C)(C)[C@@H]5CC[C@@]4(C)[C@]3(C)CC[C@@]2(/C=C/C(=O)NC(C)c2ccccc2Cl)CC1=O. The molecule has 6 rings (SSSR count). The van der Waals surface area contributed by atoms with E-state index in [-0.39, 0.29) is 63.8 Å². The number of carboxylic acid groups (broad SMARTS) is 1. The molecule has 5 aliphatic rings. The van der Waals surface area contributed by atoms with Crippen molar-refractivity contribution in [3.05, 3.63) is 58.1 Å². The molecular weight excluding hydrogens is 698 g/mol. The fourth-order valence-electron chi connectivity index (χ4n) is 13.1. The summed E-state index contributed by atoms with van der Waals surface area (Å²) in [6.45, 7) is 21.5. The van der Waals surface area contributed by atoms with E-state index in [9.17, 15) is 24.3 Å². The molecule has 1 aromatic carbocycles. The Labute approximate surface area is 328 Å². The highest BCUT2D eigenvalue weighted by Crippen LogP contribution is 2.77. The van der Waals surface area contributed by atoms with Crippen LogP contribution in [0.15, 0.2) is 47.6 Å². The largest absolute Gasteiger partial charge is 0.481 e. The van der Waals surface area contributed by atoms with Crippen LogP contribution in [0, 0.1) is 56.2 Å². The van der Waals surface area contributed by atoms with Crippen LogP contribution < -0.4 is 5.32 Å². The zero-order valence-corrected chi connectivity index (χ0v) is 35.1. The topological polar surface area (TPSA) is 110 Å². The fraction of sp³-hybridized carbons (Fsp3) is 0.696. The molecule has 8 heteroatoms. The van der Waals surface area contributed by atoms with Gasteiger partial charge in [-0.25, -0.2) is 0 Å². The van der Waals surface area contributed by atoms with Crippen LogP contribution in [0.25, 0.3) is 0 Å². The molecule has 4 saturated carbocycles. The number of amides is 1. The van der Waals surface area contributed by atoms with Crippen molar-refractivity contribution in [3.8, 4) is 0 Å². The van der Waals surface area contributed by atoms with Crippen LogP contribution in [0.1, 0.15) is 145 Å². The molecule has 1 amide bonds. The van der Waals surface area contributed by atoms with Gasteiger partial charge in [-0.15, -0.1) is 0 Å². The third-order valence-electron chi connectivity index (χ3n) is 16.1. The second kappa shape index (κ2) is 13.9. The zero-order valence-electron chi connectivity index (χ0n) is 34.4. The van der Waals surface area contributed by atoms with Crippen LogP contribution in [-0.2, 0) is 23.9 Å². The van der Waals surface area contributed by atoms with E-state index < -0.39 is 22.8 Å². The number of benzene rings is 1. The summed E-state index contributed by atoms with van der Waals surface area (Å²) >= 11 is 6.44. The number of carboxylic acids is 1. The number of esters is 1. The number of ether oxygens (including phenoxy) is 1. The van der Waals surface area contributed by atoms with Crippen molar-refractivity contribution in [2.75, 3.05) is 0 Å². The van der Waals surface area contributed by atoms with E-state index in [1.54, 1.807) is 19.9 Å². The van der Waals surface area contributed by atoms with Gasteiger partial charge in [-0.05, 0) is 141 Å². The quantitative estimate of drug-likeness (QED) is 0.192. The van der Waals surface area contributed by atoms with E-state index in [4.69, 9.17) is 16.3 Å². The highest BCUT2D eigenvalue weighted by molar-refractivity contribution is 6.31. The molecule has 4 fully saturated rings.